The van der Waals surface area contributed by atoms with Crippen molar-refractivity contribution in [3.8, 4) is 0 Å². The molecule has 0 bridgehead atoms. The van der Waals surface area contributed by atoms with Crippen LogP contribution < -0.4 is 5.32 Å². The van der Waals surface area contributed by atoms with Crippen molar-refractivity contribution < 1.29 is 38.7 Å². The fourth-order valence-corrected chi connectivity index (χ4v) is 3.21. The van der Waals surface area contributed by atoms with E-state index in [4.69, 9.17) is 18.9 Å². The number of ether oxygens (including phenoxy) is 4. The van der Waals surface area contributed by atoms with Crippen molar-refractivity contribution in [1.82, 2.24) is 5.32 Å². The first kappa shape index (κ1) is 19.7. The second-order valence-corrected chi connectivity index (χ2v) is 6.55. The van der Waals surface area contributed by atoms with Crippen molar-refractivity contribution in [1.29, 1.82) is 0 Å². The number of hydrogen-bond donors (Lipinski definition) is 3. The van der Waals surface area contributed by atoms with Gasteiger partial charge in [0, 0.05) is 12.5 Å². The summed E-state index contributed by atoms with van der Waals surface area (Å²) in [6.45, 7) is 2.78. The van der Waals surface area contributed by atoms with Gasteiger partial charge in [-0.2, -0.15) is 0 Å². The van der Waals surface area contributed by atoms with Gasteiger partial charge >= 0.3 is 5.97 Å². The van der Waals surface area contributed by atoms with E-state index in [0.29, 0.717) is 0 Å². The van der Waals surface area contributed by atoms with Crippen LogP contribution in [0.3, 0.4) is 0 Å². The first-order chi connectivity index (χ1) is 12.9. The minimum absolute atomic E-state index is 0.120. The number of aliphatic hydroxyl groups is 1. The van der Waals surface area contributed by atoms with Gasteiger partial charge in [-0.15, -0.1) is 0 Å². The molecule has 27 heavy (non-hydrogen) atoms. The topological polar surface area (TPSA) is 124 Å². The summed E-state index contributed by atoms with van der Waals surface area (Å²) in [5.74, 6) is -1.58. The van der Waals surface area contributed by atoms with Gasteiger partial charge in [0.1, 0.15) is 24.4 Å². The zero-order valence-corrected chi connectivity index (χ0v) is 15.0. The van der Waals surface area contributed by atoms with Crippen LogP contribution in [0.25, 0.3) is 0 Å². The highest BCUT2D eigenvalue weighted by Crippen LogP contribution is 2.35. The fourth-order valence-electron chi connectivity index (χ4n) is 3.21. The van der Waals surface area contributed by atoms with E-state index in [2.05, 4.69) is 5.32 Å². The third-order valence-electron chi connectivity index (χ3n) is 4.51. The van der Waals surface area contributed by atoms with Crippen molar-refractivity contribution >= 4 is 11.9 Å². The number of carboxylic acid groups (broad SMARTS) is 1. The van der Waals surface area contributed by atoms with E-state index < -0.39 is 54.9 Å². The lowest BCUT2D eigenvalue weighted by Crippen LogP contribution is -2.67. The van der Waals surface area contributed by atoms with Crippen LogP contribution in [0.2, 0.25) is 0 Å². The number of carbonyl (C=O) groups is 2. The molecule has 0 aliphatic carbocycles. The molecular formula is C18H23NO8. The normalized spacial score (nSPS) is 34.3. The van der Waals surface area contributed by atoms with Crippen LogP contribution in [0, 0.1) is 0 Å². The average Bonchev–Trinajstić information content (AvgIpc) is 2.64. The molecule has 148 valence electrons. The molecule has 2 heterocycles. The number of carbonyl (C=O) groups excluding carboxylic acids is 1. The Morgan fingerprint density at radius 1 is 1.26 bits per heavy atom. The van der Waals surface area contributed by atoms with Gasteiger partial charge in [-0.05, 0) is 6.92 Å². The van der Waals surface area contributed by atoms with E-state index in [0.717, 1.165) is 5.56 Å². The van der Waals surface area contributed by atoms with Crippen LogP contribution in [-0.4, -0.2) is 65.4 Å². The molecule has 1 aromatic rings. The Kier molecular flexibility index (Phi) is 6.08. The number of aliphatic hydroxyl groups excluding tert-OH is 1. The lowest BCUT2D eigenvalue weighted by atomic mass is 9.95. The summed E-state index contributed by atoms with van der Waals surface area (Å²) >= 11 is 0. The quantitative estimate of drug-likeness (QED) is 0.660. The maximum Gasteiger partial charge on any atom is 0.332 e. The molecule has 0 saturated carbocycles. The Hall–Kier alpha value is -2.04. The van der Waals surface area contributed by atoms with E-state index in [-0.39, 0.29) is 6.61 Å². The molecule has 1 amide bonds. The Bertz CT molecular complexity index is 669. The molecule has 2 saturated heterocycles. The minimum atomic E-state index is -1.39. The number of aliphatic carboxylic acids is 1. The molecule has 9 nitrogen and oxygen atoms in total. The molecule has 7 atom stereocenters. The van der Waals surface area contributed by atoms with E-state index in [1.54, 1.807) is 0 Å². The molecule has 0 aromatic heterocycles. The predicted octanol–water partition coefficient (Wildman–Crippen LogP) is 0.181. The van der Waals surface area contributed by atoms with Crippen molar-refractivity contribution in [2.24, 2.45) is 0 Å². The monoisotopic (exact) mass is 381 g/mol. The van der Waals surface area contributed by atoms with Crippen molar-refractivity contribution in [3.63, 3.8) is 0 Å². The highest BCUT2D eigenvalue weighted by atomic mass is 16.7. The molecular weight excluding hydrogens is 358 g/mol. The molecule has 2 aliphatic heterocycles. The summed E-state index contributed by atoms with van der Waals surface area (Å²) in [5.41, 5.74) is 0.781. The smallest absolute Gasteiger partial charge is 0.332 e. The molecule has 0 spiro atoms. The molecule has 3 N–H and O–H groups in total. The van der Waals surface area contributed by atoms with Gasteiger partial charge < -0.3 is 34.5 Å². The van der Waals surface area contributed by atoms with E-state index in [9.17, 15) is 19.8 Å². The highest BCUT2D eigenvalue weighted by Gasteiger charge is 2.51. The van der Waals surface area contributed by atoms with Gasteiger partial charge in [0.25, 0.3) is 0 Å². The maximum absolute atomic E-state index is 11.6. The number of nitrogens with one attached hydrogen (secondary N) is 1. The summed E-state index contributed by atoms with van der Waals surface area (Å²) in [7, 11) is 0. The lowest BCUT2D eigenvalue weighted by molar-refractivity contribution is -0.344. The number of benzene rings is 1. The number of rotatable bonds is 5. The second kappa shape index (κ2) is 8.32. The fraction of sp³-hybridized carbons (Fsp3) is 0.556. The van der Waals surface area contributed by atoms with Crippen LogP contribution in [0.1, 0.15) is 25.7 Å². The van der Waals surface area contributed by atoms with Gasteiger partial charge in [-0.25, -0.2) is 4.79 Å². The second-order valence-electron chi connectivity index (χ2n) is 6.55. The first-order valence-corrected chi connectivity index (χ1v) is 8.67. The predicted molar refractivity (Wildman–Crippen MR) is 90.5 cm³/mol. The maximum atomic E-state index is 11.6. The van der Waals surface area contributed by atoms with Crippen molar-refractivity contribution in [2.45, 2.75) is 56.9 Å². The molecule has 3 rings (SSSR count). The Labute approximate surface area is 156 Å². The lowest BCUT2D eigenvalue weighted by Gasteiger charge is -2.48. The van der Waals surface area contributed by atoms with E-state index in [1.807, 2.05) is 30.3 Å². The highest BCUT2D eigenvalue weighted by molar-refractivity contribution is 5.73. The Morgan fingerprint density at radius 3 is 2.59 bits per heavy atom. The molecule has 0 radical (unpaired) electrons. The average molecular weight is 381 g/mol. The van der Waals surface area contributed by atoms with Crippen LogP contribution in [0.15, 0.2) is 30.3 Å². The summed E-state index contributed by atoms with van der Waals surface area (Å²) < 4.78 is 22.9. The SMILES string of the molecule is CC(=O)N[C@@H]1[C@H](OC(C)C(=O)O)[C@@H]2OC(c3ccccc3)OC[C@H]2O[C@@H]1O. The molecule has 9 heteroatoms. The van der Waals surface area contributed by atoms with Crippen molar-refractivity contribution in [2.75, 3.05) is 6.61 Å². The largest absolute Gasteiger partial charge is 0.479 e. The zero-order valence-electron chi connectivity index (χ0n) is 15.0. The van der Waals surface area contributed by atoms with Gasteiger partial charge in [0.05, 0.1) is 6.61 Å². The van der Waals surface area contributed by atoms with Gasteiger partial charge in [-0.3, -0.25) is 4.79 Å². The van der Waals surface area contributed by atoms with Crippen LogP contribution in [0.4, 0.5) is 0 Å². The van der Waals surface area contributed by atoms with Crippen molar-refractivity contribution in [3.05, 3.63) is 35.9 Å². The van der Waals surface area contributed by atoms with E-state index >= 15 is 0 Å². The third kappa shape index (κ3) is 4.45. The van der Waals surface area contributed by atoms with Crippen LogP contribution >= 0.6 is 0 Å². The standard InChI is InChI=1S/C18H23NO8/c1-9(16(21)22)25-15-13(19-10(2)20)17(23)26-12-8-24-18(27-14(12)15)11-6-4-3-5-7-11/h3-7,9,12-15,17-18,23H,8H2,1-2H3,(H,19,20)(H,21,22)/t9?,12-,13-,14-,15+,17+,18?/m1/s1. The summed E-state index contributed by atoms with van der Waals surface area (Å²) in [6, 6.07) is 8.24. The summed E-state index contributed by atoms with van der Waals surface area (Å²) in [5, 5.41) is 22.0. The molecule has 2 aliphatic rings. The number of carboxylic acids is 1. The van der Waals surface area contributed by atoms with Gasteiger partial charge in [0.2, 0.25) is 5.91 Å². The molecule has 2 unspecified atom stereocenters. The zero-order chi connectivity index (χ0) is 19.6. The molecule has 1 aromatic carbocycles. The van der Waals surface area contributed by atoms with Gasteiger partial charge in [-0.1, -0.05) is 30.3 Å². The summed E-state index contributed by atoms with van der Waals surface area (Å²) in [6.07, 6.45) is -5.61. The third-order valence-corrected chi connectivity index (χ3v) is 4.51. The Morgan fingerprint density at radius 2 is 1.96 bits per heavy atom. The number of amides is 1. The number of hydrogen-bond acceptors (Lipinski definition) is 7. The summed E-state index contributed by atoms with van der Waals surface area (Å²) in [4.78, 5) is 22.8. The van der Waals surface area contributed by atoms with Gasteiger partial charge in [0.15, 0.2) is 18.7 Å². The molecule has 2 fully saturated rings. The van der Waals surface area contributed by atoms with Crippen LogP contribution in [0.5, 0.6) is 0 Å². The minimum Gasteiger partial charge on any atom is -0.479 e. The van der Waals surface area contributed by atoms with Crippen LogP contribution in [-0.2, 0) is 28.5 Å². The first-order valence-electron chi connectivity index (χ1n) is 8.67. The number of fused-ring (bicyclic) bond motifs is 1. The van der Waals surface area contributed by atoms with E-state index in [1.165, 1.54) is 13.8 Å². The Balaban J connectivity index is 1.85.